The average molecular weight is 185 g/mol. The third-order valence-corrected chi connectivity index (χ3v) is 1.58. The van der Waals surface area contributed by atoms with Crippen molar-refractivity contribution in [2.45, 2.75) is 0 Å². The standard InChI is InChI=1S/C7H7NO3S/c9-12(10,11)6-4-7-3-1-2-5-8-7/h1-6H,(H,9,10,11)/b6-4+. The van der Waals surface area contributed by atoms with Crippen LogP contribution in [-0.4, -0.2) is 18.0 Å². The molecule has 0 bridgehead atoms. The van der Waals surface area contributed by atoms with Crippen LogP contribution in [0.1, 0.15) is 5.69 Å². The molecule has 5 heteroatoms. The van der Waals surface area contributed by atoms with Gasteiger partial charge in [-0.15, -0.1) is 0 Å². The number of aromatic nitrogens is 1. The van der Waals surface area contributed by atoms with E-state index in [1.54, 1.807) is 18.2 Å². The van der Waals surface area contributed by atoms with Crippen LogP contribution < -0.4 is 0 Å². The molecule has 1 heterocycles. The molecule has 1 aromatic rings. The predicted octanol–water partition coefficient (Wildman–Crippen LogP) is 0.940. The maximum absolute atomic E-state index is 10.2. The van der Waals surface area contributed by atoms with Gasteiger partial charge in [-0.2, -0.15) is 8.42 Å². The Balaban J connectivity index is 2.85. The summed E-state index contributed by atoms with van der Waals surface area (Å²) in [5.74, 6) is 0. The molecule has 1 N–H and O–H groups in total. The number of nitrogens with zero attached hydrogens (tertiary/aromatic N) is 1. The van der Waals surface area contributed by atoms with Gasteiger partial charge in [-0.05, 0) is 18.2 Å². The largest absolute Gasteiger partial charge is 0.287 e. The predicted molar refractivity (Wildman–Crippen MR) is 44.8 cm³/mol. The Hall–Kier alpha value is -1.20. The maximum atomic E-state index is 10.2. The minimum Gasteiger partial charge on any atom is -0.282 e. The zero-order valence-corrected chi connectivity index (χ0v) is 6.90. The molecule has 0 fully saturated rings. The summed E-state index contributed by atoms with van der Waals surface area (Å²) in [6.45, 7) is 0. The van der Waals surface area contributed by atoms with Crippen molar-refractivity contribution >= 4 is 16.2 Å². The van der Waals surface area contributed by atoms with Crippen LogP contribution in [0.15, 0.2) is 29.8 Å². The van der Waals surface area contributed by atoms with Crippen LogP contribution in [0, 0.1) is 0 Å². The highest BCUT2D eigenvalue weighted by Gasteiger charge is 1.94. The molecule has 0 radical (unpaired) electrons. The number of rotatable bonds is 2. The van der Waals surface area contributed by atoms with Gasteiger partial charge >= 0.3 is 0 Å². The quantitative estimate of drug-likeness (QED) is 0.696. The minimum atomic E-state index is -4.04. The lowest BCUT2D eigenvalue weighted by Gasteiger charge is -1.88. The lowest BCUT2D eigenvalue weighted by atomic mass is 10.3. The summed E-state index contributed by atoms with van der Waals surface area (Å²) >= 11 is 0. The molecule has 0 unspecified atom stereocenters. The molecule has 0 atom stereocenters. The third-order valence-electron chi connectivity index (χ3n) is 1.10. The molecule has 0 saturated carbocycles. The molecular weight excluding hydrogens is 178 g/mol. The highest BCUT2D eigenvalue weighted by Crippen LogP contribution is 1.97. The van der Waals surface area contributed by atoms with Gasteiger partial charge in [-0.1, -0.05) is 6.07 Å². The number of pyridine rings is 1. The normalized spacial score (nSPS) is 12.1. The van der Waals surface area contributed by atoms with Crippen LogP contribution in [0.2, 0.25) is 0 Å². The summed E-state index contributed by atoms with van der Waals surface area (Å²) in [6, 6.07) is 5.06. The van der Waals surface area contributed by atoms with E-state index in [4.69, 9.17) is 4.55 Å². The Morgan fingerprint density at radius 3 is 2.67 bits per heavy atom. The zero-order chi connectivity index (χ0) is 9.03. The van der Waals surface area contributed by atoms with E-state index in [1.807, 2.05) is 0 Å². The minimum absolute atomic E-state index is 0.482. The Morgan fingerprint density at radius 1 is 1.42 bits per heavy atom. The first-order chi connectivity index (χ1) is 5.58. The second-order valence-corrected chi connectivity index (χ2v) is 3.37. The van der Waals surface area contributed by atoms with E-state index in [2.05, 4.69) is 4.98 Å². The van der Waals surface area contributed by atoms with Crippen molar-refractivity contribution in [3.8, 4) is 0 Å². The molecule has 0 spiro atoms. The molecule has 0 saturated heterocycles. The second kappa shape index (κ2) is 3.46. The van der Waals surface area contributed by atoms with Gasteiger partial charge in [0.1, 0.15) is 0 Å². The first-order valence-corrected chi connectivity index (χ1v) is 4.65. The van der Waals surface area contributed by atoms with Gasteiger partial charge in [0, 0.05) is 6.20 Å². The first kappa shape index (κ1) is 8.89. The molecule has 0 aromatic carbocycles. The van der Waals surface area contributed by atoms with Crippen LogP contribution >= 0.6 is 0 Å². The van der Waals surface area contributed by atoms with Gasteiger partial charge in [-0.3, -0.25) is 9.54 Å². The topological polar surface area (TPSA) is 67.3 Å². The summed E-state index contributed by atoms with van der Waals surface area (Å²) < 4.78 is 28.8. The molecule has 0 aliphatic rings. The van der Waals surface area contributed by atoms with Crippen LogP contribution in [0.5, 0.6) is 0 Å². The van der Waals surface area contributed by atoms with Crippen molar-refractivity contribution in [2.24, 2.45) is 0 Å². The summed E-state index contributed by atoms with van der Waals surface area (Å²) in [6.07, 6.45) is 2.75. The Labute approximate surface area is 70.3 Å². The van der Waals surface area contributed by atoms with E-state index < -0.39 is 10.1 Å². The van der Waals surface area contributed by atoms with Crippen molar-refractivity contribution in [1.29, 1.82) is 0 Å². The van der Waals surface area contributed by atoms with Crippen LogP contribution in [-0.2, 0) is 10.1 Å². The van der Waals surface area contributed by atoms with E-state index in [1.165, 1.54) is 12.3 Å². The SMILES string of the molecule is O=S(=O)(O)/C=C/c1ccccn1. The average Bonchev–Trinajstić information content (AvgIpc) is 2.02. The molecule has 4 nitrogen and oxygen atoms in total. The van der Waals surface area contributed by atoms with Crippen molar-refractivity contribution in [3.05, 3.63) is 35.5 Å². The molecule has 64 valence electrons. The van der Waals surface area contributed by atoms with Gasteiger partial charge in [0.15, 0.2) is 0 Å². The van der Waals surface area contributed by atoms with Gasteiger partial charge in [0.2, 0.25) is 0 Å². The zero-order valence-electron chi connectivity index (χ0n) is 6.08. The molecule has 12 heavy (non-hydrogen) atoms. The van der Waals surface area contributed by atoms with Gasteiger partial charge in [0.25, 0.3) is 10.1 Å². The lowest BCUT2D eigenvalue weighted by molar-refractivity contribution is 0.494. The van der Waals surface area contributed by atoms with E-state index in [0.29, 0.717) is 11.1 Å². The van der Waals surface area contributed by atoms with Crippen molar-refractivity contribution < 1.29 is 13.0 Å². The fraction of sp³-hybridized carbons (Fsp3) is 0. The highest BCUT2D eigenvalue weighted by molar-refractivity contribution is 7.88. The Kier molecular flexibility index (Phi) is 2.57. The fourth-order valence-corrected chi connectivity index (χ4v) is 0.942. The fourth-order valence-electron chi connectivity index (χ4n) is 0.630. The molecule has 1 rings (SSSR count). The Morgan fingerprint density at radius 2 is 2.17 bits per heavy atom. The van der Waals surface area contributed by atoms with Gasteiger partial charge < -0.3 is 0 Å². The molecule has 0 amide bonds. The number of hydrogen-bond donors (Lipinski definition) is 1. The summed E-state index contributed by atoms with van der Waals surface area (Å²) in [5.41, 5.74) is 0.482. The third kappa shape index (κ3) is 3.27. The lowest BCUT2D eigenvalue weighted by Crippen LogP contribution is -1.89. The molecular formula is C7H7NO3S. The highest BCUT2D eigenvalue weighted by atomic mass is 32.2. The van der Waals surface area contributed by atoms with Crippen LogP contribution in [0.3, 0.4) is 0 Å². The van der Waals surface area contributed by atoms with Gasteiger partial charge in [0.05, 0.1) is 11.1 Å². The van der Waals surface area contributed by atoms with E-state index in [-0.39, 0.29) is 0 Å². The molecule has 0 aliphatic heterocycles. The van der Waals surface area contributed by atoms with Crippen LogP contribution in [0.4, 0.5) is 0 Å². The van der Waals surface area contributed by atoms with Crippen molar-refractivity contribution in [3.63, 3.8) is 0 Å². The smallest absolute Gasteiger partial charge is 0.282 e. The second-order valence-electron chi connectivity index (χ2n) is 2.07. The van der Waals surface area contributed by atoms with E-state index >= 15 is 0 Å². The first-order valence-electron chi connectivity index (χ1n) is 3.14. The van der Waals surface area contributed by atoms with Crippen molar-refractivity contribution in [2.75, 3.05) is 0 Å². The van der Waals surface area contributed by atoms with E-state index in [0.717, 1.165) is 0 Å². The maximum Gasteiger partial charge on any atom is 0.287 e. The Bertz CT molecular complexity index is 369. The number of hydrogen-bond acceptors (Lipinski definition) is 3. The summed E-state index contributed by atoms with van der Waals surface area (Å²) in [7, 11) is -4.04. The monoisotopic (exact) mass is 185 g/mol. The molecule has 1 aromatic heterocycles. The molecule has 0 aliphatic carbocycles. The van der Waals surface area contributed by atoms with E-state index in [9.17, 15) is 8.42 Å². The summed E-state index contributed by atoms with van der Waals surface area (Å²) in [4.78, 5) is 3.82. The van der Waals surface area contributed by atoms with Crippen LogP contribution in [0.25, 0.3) is 6.08 Å². The van der Waals surface area contributed by atoms with Gasteiger partial charge in [-0.25, -0.2) is 0 Å². The summed E-state index contributed by atoms with van der Waals surface area (Å²) in [5, 5.41) is 0.690. The van der Waals surface area contributed by atoms with Crippen molar-refractivity contribution in [1.82, 2.24) is 4.98 Å².